The Morgan fingerprint density at radius 3 is 2.73 bits per heavy atom. The molecule has 120 valence electrons. The van der Waals surface area contributed by atoms with E-state index in [-0.39, 0.29) is 12.0 Å². The second-order valence-electron chi connectivity index (χ2n) is 5.35. The SMILES string of the molecule is CCOc1ccc(/C=C/C(=O)N(CC)CC2CCCO2)cc1. The highest BCUT2D eigenvalue weighted by atomic mass is 16.5. The Hall–Kier alpha value is -1.81. The quantitative estimate of drug-likeness (QED) is 0.726. The van der Waals surface area contributed by atoms with Crippen LogP contribution in [-0.2, 0) is 9.53 Å². The summed E-state index contributed by atoms with van der Waals surface area (Å²) in [4.78, 5) is 14.1. The predicted octanol–water partition coefficient (Wildman–Crippen LogP) is 3.13. The minimum absolute atomic E-state index is 0.0342. The lowest BCUT2D eigenvalue weighted by Gasteiger charge is -2.22. The third-order valence-corrected chi connectivity index (χ3v) is 3.75. The molecular weight excluding hydrogens is 278 g/mol. The summed E-state index contributed by atoms with van der Waals surface area (Å²) in [5.74, 6) is 0.881. The van der Waals surface area contributed by atoms with Gasteiger partial charge >= 0.3 is 0 Å². The smallest absolute Gasteiger partial charge is 0.246 e. The summed E-state index contributed by atoms with van der Waals surface area (Å²) >= 11 is 0. The Morgan fingerprint density at radius 1 is 1.36 bits per heavy atom. The van der Waals surface area contributed by atoms with Gasteiger partial charge < -0.3 is 14.4 Å². The van der Waals surface area contributed by atoms with Crippen molar-refractivity contribution in [1.29, 1.82) is 0 Å². The molecule has 0 saturated carbocycles. The number of carbonyl (C=O) groups is 1. The maximum absolute atomic E-state index is 12.3. The van der Waals surface area contributed by atoms with Gasteiger partial charge in [0, 0.05) is 25.8 Å². The zero-order chi connectivity index (χ0) is 15.8. The van der Waals surface area contributed by atoms with Crippen molar-refractivity contribution in [2.24, 2.45) is 0 Å². The van der Waals surface area contributed by atoms with E-state index in [2.05, 4.69) is 0 Å². The minimum Gasteiger partial charge on any atom is -0.494 e. The molecule has 22 heavy (non-hydrogen) atoms. The molecule has 0 N–H and O–H groups in total. The number of likely N-dealkylation sites (N-methyl/N-ethyl adjacent to an activating group) is 1. The fraction of sp³-hybridized carbons (Fsp3) is 0.500. The van der Waals surface area contributed by atoms with Gasteiger partial charge in [-0.2, -0.15) is 0 Å². The van der Waals surface area contributed by atoms with Crippen LogP contribution in [0.1, 0.15) is 32.3 Å². The molecule has 0 spiro atoms. The lowest BCUT2D eigenvalue weighted by atomic mass is 10.2. The summed E-state index contributed by atoms with van der Waals surface area (Å²) < 4.78 is 11.0. The van der Waals surface area contributed by atoms with Gasteiger partial charge in [-0.25, -0.2) is 0 Å². The third-order valence-electron chi connectivity index (χ3n) is 3.75. The van der Waals surface area contributed by atoms with Crippen LogP contribution in [0.2, 0.25) is 0 Å². The number of ether oxygens (including phenoxy) is 2. The predicted molar refractivity (Wildman–Crippen MR) is 87.9 cm³/mol. The standard InChI is InChI=1S/C18H25NO3/c1-3-19(14-17-6-5-13-22-17)18(20)12-9-15-7-10-16(11-8-15)21-4-2/h7-12,17H,3-6,13-14H2,1-2H3/b12-9+. The largest absolute Gasteiger partial charge is 0.494 e. The minimum atomic E-state index is 0.0342. The van der Waals surface area contributed by atoms with Crippen molar-refractivity contribution in [3.63, 3.8) is 0 Å². The Bertz CT molecular complexity index is 490. The molecule has 1 aromatic rings. The normalized spacial score (nSPS) is 17.8. The molecule has 4 heteroatoms. The van der Waals surface area contributed by atoms with Crippen molar-refractivity contribution in [2.75, 3.05) is 26.3 Å². The highest BCUT2D eigenvalue weighted by Crippen LogP contribution is 2.15. The first-order valence-corrected chi connectivity index (χ1v) is 8.04. The Kier molecular flexibility index (Phi) is 6.46. The van der Waals surface area contributed by atoms with E-state index in [0.29, 0.717) is 19.7 Å². The van der Waals surface area contributed by atoms with E-state index in [9.17, 15) is 4.79 Å². The molecule has 1 atom stereocenters. The Morgan fingerprint density at radius 2 is 2.14 bits per heavy atom. The van der Waals surface area contributed by atoms with Crippen LogP contribution in [0.15, 0.2) is 30.3 Å². The van der Waals surface area contributed by atoms with Crippen LogP contribution in [0.25, 0.3) is 6.08 Å². The van der Waals surface area contributed by atoms with E-state index >= 15 is 0 Å². The molecule has 1 fully saturated rings. The molecule has 1 aliphatic rings. The molecule has 1 amide bonds. The summed E-state index contributed by atoms with van der Waals surface area (Å²) in [7, 11) is 0. The maximum atomic E-state index is 12.3. The molecular formula is C18H25NO3. The number of nitrogens with zero attached hydrogens (tertiary/aromatic N) is 1. The monoisotopic (exact) mass is 303 g/mol. The van der Waals surface area contributed by atoms with Gasteiger partial charge in [0.05, 0.1) is 12.7 Å². The first-order valence-electron chi connectivity index (χ1n) is 8.04. The number of benzene rings is 1. The first-order chi connectivity index (χ1) is 10.7. The van der Waals surface area contributed by atoms with Gasteiger partial charge in [-0.1, -0.05) is 12.1 Å². The average molecular weight is 303 g/mol. The van der Waals surface area contributed by atoms with Crippen LogP contribution >= 0.6 is 0 Å². The number of hydrogen-bond donors (Lipinski definition) is 0. The van der Waals surface area contributed by atoms with E-state index in [0.717, 1.165) is 30.8 Å². The third kappa shape index (κ3) is 4.88. The van der Waals surface area contributed by atoms with E-state index < -0.39 is 0 Å². The molecule has 0 aromatic heterocycles. The second kappa shape index (κ2) is 8.59. The van der Waals surface area contributed by atoms with Crippen LogP contribution in [0.3, 0.4) is 0 Å². The average Bonchev–Trinajstić information content (AvgIpc) is 3.05. The zero-order valence-electron chi connectivity index (χ0n) is 13.5. The summed E-state index contributed by atoms with van der Waals surface area (Å²) in [6.45, 7) is 6.81. The van der Waals surface area contributed by atoms with Crippen LogP contribution in [0, 0.1) is 0 Å². The molecule has 1 heterocycles. The van der Waals surface area contributed by atoms with Crippen molar-refractivity contribution < 1.29 is 14.3 Å². The molecule has 1 unspecified atom stereocenters. The molecule has 1 saturated heterocycles. The first kappa shape index (κ1) is 16.6. The van der Waals surface area contributed by atoms with Gasteiger partial charge in [-0.05, 0) is 50.5 Å². The fourth-order valence-corrected chi connectivity index (χ4v) is 2.52. The van der Waals surface area contributed by atoms with Gasteiger partial charge in [0.25, 0.3) is 0 Å². The maximum Gasteiger partial charge on any atom is 0.246 e. The van der Waals surface area contributed by atoms with Crippen LogP contribution in [0.4, 0.5) is 0 Å². The van der Waals surface area contributed by atoms with Gasteiger partial charge in [-0.3, -0.25) is 4.79 Å². The summed E-state index contributed by atoms with van der Waals surface area (Å²) in [5.41, 5.74) is 0.991. The van der Waals surface area contributed by atoms with Crippen molar-refractivity contribution in [3.8, 4) is 5.75 Å². The van der Waals surface area contributed by atoms with Crippen molar-refractivity contribution >= 4 is 12.0 Å². The summed E-state index contributed by atoms with van der Waals surface area (Å²) in [6, 6.07) is 7.73. The number of amides is 1. The lowest BCUT2D eigenvalue weighted by Crippen LogP contribution is -2.36. The molecule has 4 nitrogen and oxygen atoms in total. The molecule has 2 rings (SSSR count). The zero-order valence-corrected chi connectivity index (χ0v) is 13.5. The van der Waals surface area contributed by atoms with Crippen LogP contribution in [-0.4, -0.2) is 43.2 Å². The topological polar surface area (TPSA) is 38.8 Å². The summed E-state index contributed by atoms with van der Waals surface area (Å²) in [5, 5.41) is 0. The van der Waals surface area contributed by atoms with Gasteiger partial charge in [-0.15, -0.1) is 0 Å². The van der Waals surface area contributed by atoms with E-state index in [1.807, 2.05) is 49.1 Å². The summed E-state index contributed by atoms with van der Waals surface area (Å²) in [6.07, 6.45) is 5.82. The Labute approximate surface area is 132 Å². The lowest BCUT2D eigenvalue weighted by molar-refractivity contribution is -0.127. The molecule has 0 bridgehead atoms. The molecule has 0 aliphatic carbocycles. The van der Waals surface area contributed by atoms with E-state index in [1.165, 1.54) is 0 Å². The molecule has 1 aliphatic heterocycles. The fourth-order valence-electron chi connectivity index (χ4n) is 2.52. The van der Waals surface area contributed by atoms with Gasteiger partial charge in [0.15, 0.2) is 0 Å². The van der Waals surface area contributed by atoms with Gasteiger partial charge in [0.2, 0.25) is 5.91 Å². The van der Waals surface area contributed by atoms with Crippen molar-refractivity contribution in [3.05, 3.63) is 35.9 Å². The number of rotatable bonds is 7. The van der Waals surface area contributed by atoms with E-state index in [4.69, 9.17) is 9.47 Å². The van der Waals surface area contributed by atoms with Crippen LogP contribution in [0.5, 0.6) is 5.75 Å². The molecule has 0 radical (unpaired) electrons. The van der Waals surface area contributed by atoms with Crippen LogP contribution < -0.4 is 4.74 Å². The van der Waals surface area contributed by atoms with Crippen molar-refractivity contribution in [1.82, 2.24) is 4.90 Å². The van der Waals surface area contributed by atoms with Gasteiger partial charge in [0.1, 0.15) is 5.75 Å². The highest BCUT2D eigenvalue weighted by molar-refractivity contribution is 5.91. The van der Waals surface area contributed by atoms with Crippen molar-refractivity contribution in [2.45, 2.75) is 32.8 Å². The Balaban J connectivity index is 1.90. The number of carbonyl (C=O) groups excluding carboxylic acids is 1. The highest BCUT2D eigenvalue weighted by Gasteiger charge is 2.20. The van der Waals surface area contributed by atoms with E-state index in [1.54, 1.807) is 6.08 Å². The second-order valence-corrected chi connectivity index (χ2v) is 5.35. The number of hydrogen-bond acceptors (Lipinski definition) is 3. The molecule has 1 aromatic carbocycles.